The van der Waals surface area contributed by atoms with E-state index in [9.17, 15) is 5.11 Å². The van der Waals surface area contributed by atoms with E-state index in [2.05, 4.69) is 0 Å². The minimum atomic E-state index is -0.830. The van der Waals surface area contributed by atoms with E-state index < -0.39 is 12.2 Å². The molecule has 0 saturated heterocycles. The van der Waals surface area contributed by atoms with Gasteiger partial charge in [-0.3, -0.25) is 0 Å². The van der Waals surface area contributed by atoms with Crippen LogP contribution in [0.3, 0.4) is 0 Å². The Labute approximate surface area is 72.8 Å². The molecule has 0 amide bonds. The topological polar surface area (TPSA) is 69.9 Å². The molecule has 0 bridgehead atoms. The number of hydrogen-bond donors (Lipinski definition) is 3. The molecule has 12 heavy (non-hydrogen) atoms. The van der Waals surface area contributed by atoms with E-state index in [1.165, 1.54) is 0 Å². The van der Waals surface area contributed by atoms with Gasteiger partial charge in [0, 0.05) is 13.5 Å². The summed E-state index contributed by atoms with van der Waals surface area (Å²) in [4.78, 5) is 0. The number of hydrogen-bond acceptors (Lipinski definition) is 4. The van der Waals surface area contributed by atoms with Gasteiger partial charge in [-0.15, -0.1) is 0 Å². The summed E-state index contributed by atoms with van der Waals surface area (Å²) in [5, 5.41) is 26.7. The number of methoxy groups -OCH3 is 1. The molecule has 3 atom stereocenters. The van der Waals surface area contributed by atoms with Crippen LogP contribution in [0.25, 0.3) is 0 Å². The average molecular weight is 178 g/mol. The van der Waals surface area contributed by atoms with Crippen LogP contribution < -0.4 is 0 Å². The summed E-state index contributed by atoms with van der Waals surface area (Å²) in [5.74, 6) is 0. The molecule has 0 aromatic rings. The zero-order valence-corrected chi connectivity index (χ0v) is 7.60. The summed E-state index contributed by atoms with van der Waals surface area (Å²) in [7, 11) is 1.57. The van der Waals surface area contributed by atoms with Crippen LogP contribution in [0.15, 0.2) is 0 Å². The predicted molar refractivity (Wildman–Crippen MR) is 44.8 cm³/mol. The second-order valence-electron chi connectivity index (χ2n) is 3.01. The predicted octanol–water partition coefficient (Wildman–Crippen LogP) is -0.484. The lowest BCUT2D eigenvalue weighted by Crippen LogP contribution is -2.24. The molecular weight excluding hydrogens is 160 g/mol. The summed E-state index contributed by atoms with van der Waals surface area (Å²) >= 11 is 0. The van der Waals surface area contributed by atoms with Gasteiger partial charge < -0.3 is 20.1 Å². The maximum atomic E-state index is 9.30. The fourth-order valence-corrected chi connectivity index (χ4v) is 0.964. The third-order valence-corrected chi connectivity index (χ3v) is 1.76. The Morgan fingerprint density at radius 1 is 1.17 bits per heavy atom. The Bertz CT molecular complexity index is 95.2. The van der Waals surface area contributed by atoms with Crippen molar-refractivity contribution in [3.8, 4) is 0 Å². The van der Waals surface area contributed by atoms with Gasteiger partial charge >= 0.3 is 0 Å². The molecule has 4 heteroatoms. The Morgan fingerprint density at radius 3 is 2.17 bits per heavy atom. The molecule has 0 aromatic heterocycles. The highest BCUT2D eigenvalue weighted by Gasteiger charge is 2.13. The van der Waals surface area contributed by atoms with Crippen molar-refractivity contribution in [2.75, 3.05) is 13.7 Å². The van der Waals surface area contributed by atoms with Crippen LogP contribution in [0.4, 0.5) is 0 Å². The molecule has 0 aliphatic heterocycles. The first-order chi connectivity index (χ1) is 5.60. The van der Waals surface area contributed by atoms with Crippen molar-refractivity contribution in [2.45, 2.75) is 38.1 Å². The van der Waals surface area contributed by atoms with Gasteiger partial charge in [-0.25, -0.2) is 0 Å². The summed E-state index contributed by atoms with van der Waals surface area (Å²) in [5.41, 5.74) is 0. The minimum absolute atomic E-state index is 0.0223. The lowest BCUT2D eigenvalue weighted by molar-refractivity contribution is 0.0114. The zero-order valence-electron chi connectivity index (χ0n) is 7.60. The second kappa shape index (κ2) is 6.37. The molecule has 0 spiro atoms. The molecule has 0 heterocycles. The first kappa shape index (κ1) is 11.8. The van der Waals surface area contributed by atoms with Gasteiger partial charge in [0.1, 0.15) is 0 Å². The summed E-state index contributed by atoms with van der Waals surface area (Å²) < 4.78 is 4.93. The molecule has 0 fully saturated rings. The SMILES string of the molecule is COC(C)CC(O)CC(O)CO. The van der Waals surface area contributed by atoms with Crippen molar-refractivity contribution < 1.29 is 20.1 Å². The van der Waals surface area contributed by atoms with Crippen LogP contribution in [-0.4, -0.2) is 47.3 Å². The van der Waals surface area contributed by atoms with Crippen molar-refractivity contribution in [3.05, 3.63) is 0 Å². The highest BCUT2D eigenvalue weighted by Crippen LogP contribution is 2.06. The van der Waals surface area contributed by atoms with Gasteiger partial charge in [0.15, 0.2) is 0 Å². The first-order valence-corrected chi connectivity index (χ1v) is 4.10. The lowest BCUT2D eigenvalue weighted by atomic mass is 10.1. The van der Waals surface area contributed by atoms with Crippen molar-refractivity contribution in [1.82, 2.24) is 0 Å². The van der Waals surface area contributed by atoms with Crippen LogP contribution in [-0.2, 0) is 4.74 Å². The van der Waals surface area contributed by atoms with E-state index in [4.69, 9.17) is 14.9 Å². The largest absolute Gasteiger partial charge is 0.394 e. The van der Waals surface area contributed by atoms with Gasteiger partial charge in [0.25, 0.3) is 0 Å². The van der Waals surface area contributed by atoms with Crippen molar-refractivity contribution >= 4 is 0 Å². The summed E-state index contributed by atoms with van der Waals surface area (Å²) in [6.45, 7) is 1.53. The molecule has 0 aliphatic rings. The van der Waals surface area contributed by atoms with Crippen LogP contribution >= 0.6 is 0 Å². The van der Waals surface area contributed by atoms with E-state index in [1.54, 1.807) is 7.11 Å². The van der Waals surface area contributed by atoms with Crippen molar-refractivity contribution in [2.24, 2.45) is 0 Å². The standard InChI is InChI=1S/C8H18O4/c1-6(12-2)3-7(10)4-8(11)5-9/h6-11H,3-5H2,1-2H3. The van der Waals surface area contributed by atoms with Gasteiger partial charge in [-0.1, -0.05) is 0 Å². The molecule has 0 aliphatic carbocycles. The number of rotatable bonds is 6. The fraction of sp³-hybridized carbons (Fsp3) is 1.00. The Balaban J connectivity index is 3.51. The smallest absolute Gasteiger partial charge is 0.0795 e. The fourth-order valence-electron chi connectivity index (χ4n) is 0.964. The maximum Gasteiger partial charge on any atom is 0.0795 e. The van der Waals surface area contributed by atoms with Crippen LogP contribution in [0.1, 0.15) is 19.8 Å². The average Bonchev–Trinajstić information content (AvgIpc) is 2.03. The van der Waals surface area contributed by atoms with Crippen molar-refractivity contribution in [3.63, 3.8) is 0 Å². The summed E-state index contributed by atoms with van der Waals surface area (Å²) in [6.07, 6.45) is -0.783. The lowest BCUT2D eigenvalue weighted by Gasteiger charge is -2.16. The molecule has 4 nitrogen and oxygen atoms in total. The first-order valence-electron chi connectivity index (χ1n) is 4.10. The summed E-state index contributed by atoms with van der Waals surface area (Å²) in [6, 6.07) is 0. The molecule has 0 radical (unpaired) electrons. The van der Waals surface area contributed by atoms with Gasteiger partial charge in [0.2, 0.25) is 0 Å². The van der Waals surface area contributed by atoms with Crippen LogP contribution in [0, 0.1) is 0 Å². The van der Waals surface area contributed by atoms with Gasteiger partial charge in [0.05, 0.1) is 24.9 Å². The number of aliphatic hydroxyl groups is 3. The molecule has 0 aromatic carbocycles. The van der Waals surface area contributed by atoms with E-state index in [0.717, 1.165) is 0 Å². The normalized spacial score (nSPS) is 18.8. The maximum absolute atomic E-state index is 9.30. The Morgan fingerprint density at radius 2 is 1.75 bits per heavy atom. The molecule has 3 N–H and O–H groups in total. The molecule has 3 unspecified atom stereocenters. The minimum Gasteiger partial charge on any atom is -0.394 e. The third-order valence-electron chi connectivity index (χ3n) is 1.76. The van der Waals surface area contributed by atoms with Crippen LogP contribution in [0.5, 0.6) is 0 Å². The molecule has 74 valence electrons. The third kappa shape index (κ3) is 5.49. The highest BCUT2D eigenvalue weighted by molar-refractivity contribution is 4.65. The molecular formula is C8H18O4. The van der Waals surface area contributed by atoms with Crippen molar-refractivity contribution in [1.29, 1.82) is 0 Å². The zero-order chi connectivity index (χ0) is 9.56. The van der Waals surface area contributed by atoms with E-state index in [0.29, 0.717) is 6.42 Å². The number of aliphatic hydroxyl groups excluding tert-OH is 3. The number of ether oxygens (including phenoxy) is 1. The van der Waals surface area contributed by atoms with E-state index in [-0.39, 0.29) is 19.1 Å². The molecule has 0 rings (SSSR count). The highest BCUT2D eigenvalue weighted by atomic mass is 16.5. The van der Waals surface area contributed by atoms with Crippen LogP contribution in [0.2, 0.25) is 0 Å². The second-order valence-corrected chi connectivity index (χ2v) is 3.01. The van der Waals surface area contributed by atoms with E-state index in [1.807, 2.05) is 6.92 Å². The van der Waals surface area contributed by atoms with Gasteiger partial charge in [-0.2, -0.15) is 0 Å². The van der Waals surface area contributed by atoms with Gasteiger partial charge in [-0.05, 0) is 13.3 Å². The van der Waals surface area contributed by atoms with E-state index >= 15 is 0 Å². The Kier molecular flexibility index (Phi) is 6.28. The quantitative estimate of drug-likeness (QED) is 0.513. The molecule has 0 saturated carbocycles. The monoisotopic (exact) mass is 178 g/mol. The Hall–Kier alpha value is -0.160.